The summed E-state index contributed by atoms with van der Waals surface area (Å²) in [5.74, 6) is 1.44. The van der Waals surface area contributed by atoms with Gasteiger partial charge < -0.3 is 4.74 Å². The molecule has 0 fully saturated rings. The van der Waals surface area contributed by atoms with Crippen LogP contribution in [0.1, 0.15) is 26.0 Å². The molecule has 0 aromatic carbocycles. The molecule has 0 N–H and O–H groups in total. The molecule has 0 saturated carbocycles. The Morgan fingerprint density at radius 2 is 2.38 bits per heavy atom. The van der Waals surface area contributed by atoms with Crippen LogP contribution in [0.15, 0.2) is 29.4 Å². The van der Waals surface area contributed by atoms with E-state index in [0.717, 1.165) is 24.6 Å². The highest BCUT2D eigenvalue weighted by Gasteiger charge is 2.23. The van der Waals surface area contributed by atoms with Crippen LogP contribution in [0.25, 0.3) is 0 Å². The summed E-state index contributed by atoms with van der Waals surface area (Å²) < 4.78 is 5.60. The molecule has 1 aliphatic heterocycles. The molecule has 2 atom stereocenters. The third-order valence-corrected chi connectivity index (χ3v) is 3.09. The summed E-state index contributed by atoms with van der Waals surface area (Å²) in [6.07, 6.45) is 3.67. The molecular weight excluding hydrogens is 200 g/mol. The molecule has 86 valence electrons. The fourth-order valence-electron chi connectivity index (χ4n) is 1.76. The first-order valence-electron chi connectivity index (χ1n) is 5.89. The second-order valence-electron chi connectivity index (χ2n) is 4.28. The zero-order valence-electron chi connectivity index (χ0n) is 9.89. The largest absolute Gasteiger partial charge is 0.478 e. The van der Waals surface area contributed by atoms with E-state index in [2.05, 4.69) is 23.8 Å². The van der Waals surface area contributed by atoms with Gasteiger partial charge in [0.1, 0.15) is 6.61 Å². The second kappa shape index (κ2) is 5.10. The maximum Gasteiger partial charge on any atom is 0.189 e. The molecule has 0 spiro atoms. The highest BCUT2D eigenvalue weighted by atomic mass is 16.5. The summed E-state index contributed by atoms with van der Waals surface area (Å²) in [4.78, 5) is 8.88. The summed E-state index contributed by atoms with van der Waals surface area (Å²) in [7, 11) is 0. The van der Waals surface area contributed by atoms with Gasteiger partial charge in [-0.2, -0.15) is 0 Å². The van der Waals surface area contributed by atoms with Crippen LogP contribution in [0, 0.1) is 5.92 Å². The second-order valence-corrected chi connectivity index (χ2v) is 4.28. The summed E-state index contributed by atoms with van der Waals surface area (Å²) in [5.41, 5.74) is 1.02. The monoisotopic (exact) mass is 218 g/mol. The average molecular weight is 218 g/mol. The van der Waals surface area contributed by atoms with Crippen LogP contribution in [0.4, 0.5) is 0 Å². The van der Waals surface area contributed by atoms with Crippen LogP contribution >= 0.6 is 0 Å². The Balaban J connectivity index is 1.97. The molecule has 2 unspecified atom stereocenters. The van der Waals surface area contributed by atoms with Crippen LogP contribution in [0.5, 0.6) is 0 Å². The Kier molecular flexibility index (Phi) is 3.54. The molecule has 0 radical (unpaired) electrons. The number of ether oxygens (including phenoxy) is 1. The van der Waals surface area contributed by atoms with E-state index in [1.165, 1.54) is 0 Å². The lowest BCUT2D eigenvalue weighted by Gasteiger charge is -2.11. The minimum Gasteiger partial charge on any atom is -0.478 e. The topological polar surface area (TPSA) is 34.5 Å². The Labute approximate surface area is 96.6 Å². The molecule has 2 heterocycles. The third kappa shape index (κ3) is 2.60. The van der Waals surface area contributed by atoms with Gasteiger partial charge in [-0.25, -0.2) is 4.99 Å². The molecular formula is C13H18N2O. The maximum absolute atomic E-state index is 5.60. The van der Waals surface area contributed by atoms with E-state index in [4.69, 9.17) is 4.74 Å². The van der Waals surface area contributed by atoms with Crippen LogP contribution in [0.3, 0.4) is 0 Å². The predicted molar refractivity (Wildman–Crippen MR) is 64.6 cm³/mol. The van der Waals surface area contributed by atoms with E-state index in [1.807, 2.05) is 18.2 Å². The molecule has 16 heavy (non-hydrogen) atoms. The van der Waals surface area contributed by atoms with Gasteiger partial charge in [0.25, 0.3) is 0 Å². The van der Waals surface area contributed by atoms with E-state index in [0.29, 0.717) is 18.4 Å². The lowest BCUT2D eigenvalue weighted by Crippen LogP contribution is -2.16. The van der Waals surface area contributed by atoms with E-state index < -0.39 is 0 Å². The molecule has 1 aliphatic rings. The molecule has 1 aromatic rings. The Morgan fingerprint density at radius 3 is 3.06 bits per heavy atom. The van der Waals surface area contributed by atoms with Crippen LogP contribution in [-0.2, 0) is 11.2 Å². The van der Waals surface area contributed by atoms with E-state index >= 15 is 0 Å². The predicted octanol–water partition coefficient (Wildman–Crippen LogP) is 2.47. The van der Waals surface area contributed by atoms with Crippen molar-refractivity contribution in [3.8, 4) is 0 Å². The first-order valence-corrected chi connectivity index (χ1v) is 5.89. The van der Waals surface area contributed by atoms with Crippen molar-refractivity contribution < 1.29 is 4.74 Å². The lowest BCUT2D eigenvalue weighted by atomic mass is 10.0. The standard InChI is InChI=1S/C13H18N2O/c1-3-10(2)12-9-16-13(15-12)8-11-6-4-5-7-14-11/h4-7,10,12H,3,8-9H2,1-2H3. The van der Waals surface area contributed by atoms with Gasteiger partial charge in [-0.1, -0.05) is 26.3 Å². The van der Waals surface area contributed by atoms with Gasteiger partial charge in [-0.15, -0.1) is 0 Å². The van der Waals surface area contributed by atoms with Gasteiger partial charge in [0.15, 0.2) is 5.90 Å². The highest BCUT2D eigenvalue weighted by Crippen LogP contribution is 2.18. The van der Waals surface area contributed by atoms with Gasteiger partial charge in [-0.3, -0.25) is 4.98 Å². The zero-order valence-corrected chi connectivity index (χ0v) is 9.89. The van der Waals surface area contributed by atoms with Gasteiger partial charge in [0.2, 0.25) is 0 Å². The van der Waals surface area contributed by atoms with Crippen molar-refractivity contribution in [1.82, 2.24) is 4.98 Å². The fraction of sp³-hybridized carbons (Fsp3) is 0.538. The summed E-state index contributed by atoms with van der Waals surface area (Å²) >= 11 is 0. The van der Waals surface area contributed by atoms with Crippen molar-refractivity contribution in [3.05, 3.63) is 30.1 Å². The average Bonchev–Trinajstić information content (AvgIpc) is 2.78. The quantitative estimate of drug-likeness (QED) is 0.778. The molecule has 0 bridgehead atoms. The van der Waals surface area contributed by atoms with Crippen molar-refractivity contribution in [3.63, 3.8) is 0 Å². The molecule has 1 aromatic heterocycles. The fourth-order valence-corrected chi connectivity index (χ4v) is 1.76. The minimum absolute atomic E-state index is 0.337. The summed E-state index contributed by atoms with van der Waals surface area (Å²) in [6, 6.07) is 6.25. The van der Waals surface area contributed by atoms with Gasteiger partial charge in [-0.05, 0) is 18.1 Å². The molecule has 3 nitrogen and oxygen atoms in total. The van der Waals surface area contributed by atoms with Gasteiger partial charge in [0, 0.05) is 11.9 Å². The number of aromatic nitrogens is 1. The van der Waals surface area contributed by atoms with Crippen LogP contribution in [-0.4, -0.2) is 23.5 Å². The summed E-state index contributed by atoms with van der Waals surface area (Å²) in [6.45, 7) is 5.15. The maximum atomic E-state index is 5.60. The van der Waals surface area contributed by atoms with Gasteiger partial charge >= 0.3 is 0 Å². The number of aliphatic imine (C=N–C) groups is 1. The van der Waals surface area contributed by atoms with Crippen molar-refractivity contribution in [2.45, 2.75) is 32.7 Å². The van der Waals surface area contributed by atoms with E-state index in [-0.39, 0.29) is 0 Å². The van der Waals surface area contributed by atoms with Crippen molar-refractivity contribution in [2.75, 3.05) is 6.61 Å². The van der Waals surface area contributed by atoms with Crippen LogP contribution in [0.2, 0.25) is 0 Å². The number of pyridine rings is 1. The van der Waals surface area contributed by atoms with Crippen molar-refractivity contribution >= 4 is 5.90 Å². The molecule has 3 heteroatoms. The lowest BCUT2D eigenvalue weighted by molar-refractivity contribution is 0.278. The number of hydrogen-bond donors (Lipinski definition) is 0. The molecule has 0 saturated heterocycles. The molecule has 0 amide bonds. The van der Waals surface area contributed by atoms with Crippen molar-refractivity contribution in [1.29, 1.82) is 0 Å². The molecule has 2 rings (SSSR count). The smallest absolute Gasteiger partial charge is 0.189 e. The third-order valence-electron chi connectivity index (χ3n) is 3.09. The highest BCUT2D eigenvalue weighted by molar-refractivity contribution is 5.79. The number of rotatable bonds is 4. The Hall–Kier alpha value is -1.38. The minimum atomic E-state index is 0.337. The molecule has 0 aliphatic carbocycles. The van der Waals surface area contributed by atoms with Gasteiger partial charge in [0.05, 0.1) is 12.5 Å². The Bertz CT molecular complexity index is 361. The van der Waals surface area contributed by atoms with Crippen LogP contribution < -0.4 is 0 Å². The number of nitrogens with zero attached hydrogens (tertiary/aromatic N) is 2. The summed E-state index contributed by atoms with van der Waals surface area (Å²) in [5, 5.41) is 0. The normalized spacial score (nSPS) is 21.4. The SMILES string of the molecule is CCC(C)C1COC(Cc2ccccn2)=N1. The zero-order chi connectivity index (χ0) is 11.4. The number of hydrogen-bond acceptors (Lipinski definition) is 3. The first-order chi connectivity index (χ1) is 7.79. The Morgan fingerprint density at radius 1 is 1.50 bits per heavy atom. The van der Waals surface area contributed by atoms with E-state index in [1.54, 1.807) is 6.20 Å². The first kappa shape index (κ1) is 11.1. The van der Waals surface area contributed by atoms with Crippen molar-refractivity contribution in [2.24, 2.45) is 10.9 Å². The van der Waals surface area contributed by atoms with E-state index in [9.17, 15) is 0 Å².